The third kappa shape index (κ3) is 5.80. The highest BCUT2D eigenvalue weighted by atomic mass is 35.5. The zero-order chi connectivity index (χ0) is 17.5. The number of carbonyl (C=O) groups excluding carboxylic acids is 1. The predicted octanol–water partition coefficient (Wildman–Crippen LogP) is 4.22. The molecule has 1 aliphatic heterocycles. The molecular formula is C18H28ClN3OS. The van der Waals surface area contributed by atoms with Crippen LogP contribution in [-0.2, 0) is 6.54 Å². The minimum Gasteiger partial charge on any atom is -0.336 e. The minimum atomic E-state index is -0.0451. The number of nitrogens with one attached hydrogen (secondary N) is 1. The standard InChI is InChI=1S/C18H28ClN3OS/c1-4-9-22(13-16-7-8-17(19)24-16)18(23)20-11-15(3)21-10-5-6-14(2)12-21/h4,7-8,14-15H,1,5-6,9-13H2,2-3H3,(H,20,23)/t14-,15+/m1/s1. The summed E-state index contributed by atoms with van der Waals surface area (Å²) in [6, 6.07) is 4.15. The van der Waals surface area contributed by atoms with Crippen molar-refractivity contribution in [2.45, 2.75) is 39.3 Å². The number of thiophene rings is 1. The summed E-state index contributed by atoms with van der Waals surface area (Å²) in [7, 11) is 0. The molecule has 1 aromatic heterocycles. The monoisotopic (exact) mass is 369 g/mol. The fourth-order valence-corrected chi connectivity index (χ4v) is 4.21. The number of hydrogen-bond donors (Lipinski definition) is 1. The van der Waals surface area contributed by atoms with Crippen LogP contribution in [0.15, 0.2) is 24.8 Å². The molecule has 0 aromatic carbocycles. The van der Waals surface area contributed by atoms with Gasteiger partial charge < -0.3 is 10.2 Å². The number of halogens is 1. The largest absolute Gasteiger partial charge is 0.336 e. The summed E-state index contributed by atoms with van der Waals surface area (Å²) < 4.78 is 0.747. The Kier molecular flexibility index (Phi) is 7.59. The molecule has 1 saturated heterocycles. The smallest absolute Gasteiger partial charge is 0.318 e. The van der Waals surface area contributed by atoms with Gasteiger partial charge in [0.25, 0.3) is 0 Å². The average Bonchev–Trinajstić information content (AvgIpc) is 2.97. The molecule has 1 N–H and O–H groups in total. The van der Waals surface area contributed by atoms with E-state index in [0.29, 0.717) is 25.7 Å². The lowest BCUT2D eigenvalue weighted by Gasteiger charge is -2.36. The van der Waals surface area contributed by atoms with E-state index in [0.717, 1.165) is 28.2 Å². The first-order valence-corrected chi connectivity index (χ1v) is 9.81. The van der Waals surface area contributed by atoms with Gasteiger partial charge in [0, 0.05) is 30.6 Å². The van der Waals surface area contributed by atoms with Crippen LogP contribution in [0.5, 0.6) is 0 Å². The van der Waals surface area contributed by atoms with E-state index in [4.69, 9.17) is 11.6 Å². The Labute approximate surface area is 154 Å². The molecule has 2 heterocycles. The van der Waals surface area contributed by atoms with E-state index in [1.165, 1.54) is 24.2 Å². The van der Waals surface area contributed by atoms with Crippen molar-refractivity contribution >= 4 is 29.0 Å². The van der Waals surface area contributed by atoms with Crippen molar-refractivity contribution in [1.82, 2.24) is 15.1 Å². The van der Waals surface area contributed by atoms with E-state index in [9.17, 15) is 4.79 Å². The maximum Gasteiger partial charge on any atom is 0.318 e. The van der Waals surface area contributed by atoms with Gasteiger partial charge in [-0.05, 0) is 44.4 Å². The van der Waals surface area contributed by atoms with Crippen molar-refractivity contribution < 1.29 is 4.79 Å². The Bertz CT molecular complexity index is 548. The van der Waals surface area contributed by atoms with Gasteiger partial charge in [-0.2, -0.15) is 0 Å². The number of nitrogens with zero attached hydrogens (tertiary/aromatic N) is 2. The lowest BCUT2D eigenvalue weighted by atomic mass is 9.99. The van der Waals surface area contributed by atoms with E-state index in [1.54, 1.807) is 11.0 Å². The van der Waals surface area contributed by atoms with E-state index in [2.05, 4.69) is 30.6 Å². The first-order chi connectivity index (χ1) is 11.5. The predicted molar refractivity (Wildman–Crippen MR) is 103 cm³/mol. The van der Waals surface area contributed by atoms with E-state index in [-0.39, 0.29) is 6.03 Å². The summed E-state index contributed by atoms with van der Waals surface area (Å²) in [5.41, 5.74) is 0. The quantitative estimate of drug-likeness (QED) is 0.730. The summed E-state index contributed by atoms with van der Waals surface area (Å²) >= 11 is 7.48. The molecule has 1 fully saturated rings. The first kappa shape index (κ1) is 19.3. The van der Waals surface area contributed by atoms with E-state index in [1.807, 2.05) is 12.1 Å². The van der Waals surface area contributed by atoms with E-state index >= 15 is 0 Å². The van der Waals surface area contributed by atoms with Crippen molar-refractivity contribution in [2.24, 2.45) is 5.92 Å². The van der Waals surface area contributed by atoms with Gasteiger partial charge in [-0.15, -0.1) is 17.9 Å². The van der Waals surface area contributed by atoms with Crippen molar-refractivity contribution in [1.29, 1.82) is 0 Å². The third-order valence-electron chi connectivity index (χ3n) is 4.47. The normalized spacial score (nSPS) is 19.7. The molecule has 0 unspecified atom stereocenters. The molecule has 0 saturated carbocycles. The zero-order valence-corrected chi connectivity index (χ0v) is 16.2. The molecule has 0 bridgehead atoms. The van der Waals surface area contributed by atoms with Crippen LogP contribution in [0.1, 0.15) is 31.6 Å². The van der Waals surface area contributed by atoms with Gasteiger partial charge in [-0.25, -0.2) is 4.79 Å². The number of hydrogen-bond acceptors (Lipinski definition) is 3. The van der Waals surface area contributed by atoms with Crippen LogP contribution >= 0.6 is 22.9 Å². The molecule has 4 nitrogen and oxygen atoms in total. The van der Waals surface area contributed by atoms with Gasteiger partial charge in [0.05, 0.1) is 10.9 Å². The summed E-state index contributed by atoms with van der Waals surface area (Å²) in [6.45, 7) is 12.3. The Morgan fingerprint density at radius 3 is 3.04 bits per heavy atom. The van der Waals surface area contributed by atoms with Gasteiger partial charge in [-0.1, -0.05) is 24.6 Å². The Morgan fingerprint density at radius 1 is 1.62 bits per heavy atom. The summed E-state index contributed by atoms with van der Waals surface area (Å²) in [5, 5.41) is 3.08. The third-order valence-corrected chi connectivity index (χ3v) is 5.69. The Balaban J connectivity index is 1.84. The summed E-state index contributed by atoms with van der Waals surface area (Å²) in [6.07, 6.45) is 4.32. The molecule has 0 radical (unpaired) electrons. The molecule has 2 rings (SSSR count). The molecule has 2 amide bonds. The van der Waals surface area contributed by atoms with Crippen molar-refractivity contribution in [2.75, 3.05) is 26.2 Å². The topological polar surface area (TPSA) is 35.6 Å². The van der Waals surface area contributed by atoms with Gasteiger partial charge in [-0.3, -0.25) is 4.90 Å². The molecule has 1 aliphatic rings. The fourth-order valence-electron chi connectivity index (χ4n) is 3.10. The molecule has 6 heteroatoms. The number of rotatable bonds is 7. The molecule has 134 valence electrons. The molecule has 24 heavy (non-hydrogen) atoms. The maximum absolute atomic E-state index is 12.5. The van der Waals surface area contributed by atoms with Crippen LogP contribution in [0.25, 0.3) is 0 Å². The Hall–Kier alpha value is -1.04. The second kappa shape index (κ2) is 9.44. The van der Waals surface area contributed by atoms with Crippen molar-refractivity contribution in [3.63, 3.8) is 0 Å². The van der Waals surface area contributed by atoms with Gasteiger partial charge in [0.15, 0.2) is 0 Å². The first-order valence-electron chi connectivity index (χ1n) is 8.61. The number of likely N-dealkylation sites (tertiary alicyclic amines) is 1. The van der Waals surface area contributed by atoms with Crippen LogP contribution in [-0.4, -0.2) is 48.1 Å². The van der Waals surface area contributed by atoms with Gasteiger partial charge in [0.1, 0.15) is 0 Å². The minimum absolute atomic E-state index is 0.0451. The number of urea groups is 1. The second-order valence-corrected chi connectivity index (χ2v) is 8.45. The summed E-state index contributed by atoms with van der Waals surface area (Å²) in [4.78, 5) is 17.8. The Morgan fingerprint density at radius 2 is 2.42 bits per heavy atom. The molecule has 2 atom stereocenters. The van der Waals surface area contributed by atoms with Crippen molar-refractivity contribution in [3.05, 3.63) is 34.0 Å². The molecule has 0 aliphatic carbocycles. The van der Waals surface area contributed by atoms with Crippen LogP contribution in [0, 0.1) is 5.92 Å². The van der Waals surface area contributed by atoms with Crippen molar-refractivity contribution in [3.8, 4) is 0 Å². The maximum atomic E-state index is 12.5. The van der Waals surface area contributed by atoms with Crippen LogP contribution < -0.4 is 5.32 Å². The lowest BCUT2D eigenvalue weighted by molar-refractivity contribution is 0.135. The number of carbonyl (C=O) groups is 1. The van der Waals surface area contributed by atoms with Crippen LogP contribution in [0.2, 0.25) is 4.34 Å². The van der Waals surface area contributed by atoms with E-state index < -0.39 is 0 Å². The highest BCUT2D eigenvalue weighted by molar-refractivity contribution is 7.16. The zero-order valence-electron chi connectivity index (χ0n) is 14.6. The second-order valence-electron chi connectivity index (χ2n) is 6.65. The molecule has 0 spiro atoms. The SMILES string of the molecule is C=CCN(Cc1ccc(Cl)s1)C(=O)NC[C@H](C)N1CCC[C@@H](C)C1. The van der Waals surface area contributed by atoms with Gasteiger partial charge in [0.2, 0.25) is 0 Å². The number of amides is 2. The van der Waals surface area contributed by atoms with Crippen LogP contribution in [0.4, 0.5) is 4.79 Å². The molecular weight excluding hydrogens is 342 g/mol. The van der Waals surface area contributed by atoms with Crippen LogP contribution in [0.3, 0.4) is 0 Å². The summed E-state index contributed by atoms with van der Waals surface area (Å²) in [5.74, 6) is 0.748. The highest BCUT2D eigenvalue weighted by Gasteiger charge is 2.22. The van der Waals surface area contributed by atoms with Gasteiger partial charge >= 0.3 is 6.03 Å². The molecule has 1 aromatic rings. The lowest BCUT2D eigenvalue weighted by Crippen LogP contribution is -2.48. The highest BCUT2D eigenvalue weighted by Crippen LogP contribution is 2.22. The fraction of sp³-hybridized carbons (Fsp3) is 0.611. The number of piperidine rings is 1. The average molecular weight is 370 g/mol.